The fraction of sp³-hybridized carbons (Fsp3) is 0.368. The van der Waals surface area contributed by atoms with Crippen molar-refractivity contribution in [2.45, 2.75) is 31.8 Å². The summed E-state index contributed by atoms with van der Waals surface area (Å²) in [5, 5.41) is 0. The van der Waals surface area contributed by atoms with Crippen LogP contribution in [0.1, 0.15) is 43.0 Å². The first-order valence-corrected chi connectivity index (χ1v) is 8.19. The van der Waals surface area contributed by atoms with E-state index in [4.69, 9.17) is 5.73 Å². The lowest BCUT2D eigenvalue weighted by Crippen LogP contribution is -2.39. The lowest BCUT2D eigenvalue weighted by Gasteiger charge is -2.30. The predicted molar refractivity (Wildman–Crippen MR) is 90.5 cm³/mol. The molecule has 1 aromatic heterocycles. The molecule has 1 amide bonds. The van der Waals surface area contributed by atoms with E-state index in [-0.39, 0.29) is 23.9 Å². The lowest BCUT2D eigenvalue weighted by molar-refractivity contribution is -0.136. The van der Waals surface area contributed by atoms with Gasteiger partial charge in [0, 0.05) is 25.0 Å². The highest BCUT2D eigenvalue weighted by Crippen LogP contribution is 2.34. The molecule has 0 saturated carbocycles. The van der Waals surface area contributed by atoms with Gasteiger partial charge in [0.25, 0.3) is 0 Å². The molecule has 0 bridgehead atoms. The van der Waals surface area contributed by atoms with E-state index in [0.717, 1.165) is 30.5 Å². The molecule has 0 spiro atoms. The van der Waals surface area contributed by atoms with Gasteiger partial charge in [-0.25, -0.2) is 0 Å². The SMILES string of the molecule is C[C@H](C(=O)N1CCC[C@H]1c1ccncc1)[C@@H](N)c1ccccc1. The normalized spacial score (nSPS) is 20.3. The third-order valence-electron chi connectivity index (χ3n) is 4.74. The number of hydrogen-bond donors (Lipinski definition) is 1. The number of nitrogens with two attached hydrogens (primary N) is 1. The van der Waals surface area contributed by atoms with Gasteiger partial charge in [0.15, 0.2) is 0 Å². The van der Waals surface area contributed by atoms with Gasteiger partial charge in [0.1, 0.15) is 0 Å². The van der Waals surface area contributed by atoms with E-state index in [1.54, 1.807) is 12.4 Å². The predicted octanol–water partition coefficient (Wildman–Crippen LogP) is 3.08. The van der Waals surface area contributed by atoms with E-state index >= 15 is 0 Å². The molecule has 1 saturated heterocycles. The van der Waals surface area contributed by atoms with Crippen LogP contribution in [-0.4, -0.2) is 22.3 Å². The van der Waals surface area contributed by atoms with E-state index in [1.165, 1.54) is 0 Å². The number of aromatic nitrogens is 1. The van der Waals surface area contributed by atoms with Gasteiger partial charge in [-0.2, -0.15) is 0 Å². The molecule has 120 valence electrons. The van der Waals surface area contributed by atoms with Crippen molar-refractivity contribution in [3.63, 3.8) is 0 Å². The van der Waals surface area contributed by atoms with Crippen LogP contribution in [0, 0.1) is 5.92 Å². The van der Waals surface area contributed by atoms with E-state index < -0.39 is 0 Å². The number of carbonyl (C=O) groups is 1. The summed E-state index contributed by atoms with van der Waals surface area (Å²) in [4.78, 5) is 19.0. The van der Waals surface area contributed by atoms with Gasteiger partial charge in [-0.3, -0.25) is 9.78 Å². The van der Waals surface area contributed by atoms with Gasteiger partial charge in [-0.15, -0.1) is 0 Å². The second-order valence-electron chi connectivity index (χ2n) is 6.20. The summed E-state index contributed by atoms with van der Waals surface area (Å²) in [6.07, 6.45) is 5.61. The first kappa shape index (κ1) is 15.7. The van der Waals surface area contributed by atoms with Crippen LogP contribution in [-0.2, 0) is 4.79 Å². The van der Waals surface area contributed by atoms with Crippen LogP contribution in [0.4, 0.5) is 0 Å². The minimum absolute atomic E-state index is 0.140. The van der Waals surface area contributed by atoms with Gasteiger partial charge in [-0.1, -0.05) is 37.3 Å². The van der Waals surface area contributed by atoms with E-state index in [9.17, 15) is 4.79 Å². The average molecular weight is 309 g/mol. The van der Waals surface area contributed by atoms with Crippen LogP contribution in [0.3, 0.4) is 0 Å². The fourth-order valence-electron chi connectivity index (χ4n) is 3.34. The molecule has 2 aromatic rings. The first-order valence-electron chi connectivity index (χ1n) is 8.19. The summed E-state index contributed by atoms with van der Waals surface area (Å²) in [5.74, 6) is -0.0968. The number of likely N-dealkylation sites (tertiary alicyclic amines) is 1. The summed E-state index contributed by atoms with van der Waals surface area (Å²) < 4.78 is 0. The largest absolute Gasteiger partial charge is 0.335 e. The Hall–Kier alpha value is -2.20. The summed E-state index contributed by atoms with van der Waals surface area (Å²) in [5.41, 5.74) is 8.50. The zero-order valence-electron chi connectivity index (χ0n) is 13.4. The van der Waals surface area contributed by atoms with Crippen molar-refractivity contribution in [3.05, 3.63) is 66.0 Å². The highest BCUT2D eigenvalue weighted by Gasteiger charge is 2.34. The number of carbonyl (C=O) groups excluding carboxylic acids is 1. The first-order chi connectivity index (χ1) is 11.2. The molecule has 1 fully saturated rings. The molecule has 2 heterocycles. The number of pyridine rings is 1. The number of amides is 1. The highest BCUT2D eigenvalue weighted by atomic mass is 16.2. The van der Waals surface area contributed by atoms with Crippen molar-refractivity contribution in [1.29, 1.82) is 0 Å². The van der Waals surface area contributed by atoms with Gasteiger partial charge >= 0.3 is 0 Å². The van der Waals surface area contributed by atoms with E-state index in [2.05, 4.69) is 4.98 Å². The van der Waals surface area contributed by atoms with E-state index in [0.29, 0.717) is 0 Å². The van der Waals surface area contributed by atoms with Crippen molar-refractivity contribution in [2.75, 3.05) is 6.54 Å². The van der Waals surface area contributed by atoms with Crippen molar-refractivity contribution in [3.8, 4) is 0 Å². The smallest absolute Gasteiger partial charge is 0.227 e. The second kappa shape index (κ2) is 6.92. The number of hydrogen-bond acceptors (Lipinski definition) is 3. The van der Waals surface area contributed by atoms with Crippen LogP contribution >= 0.6 is 0 Å². The maximum absolute atomic E-state index is 13.0. The number of nitrogens with zero attached hydrogens (tertiary/aromatic N) is 2. The standard InChI is InChI=1S/C19H23N3O/c1-14(18(20)16-6-3-2-4-7-16)19(23)22-13-5-8-17(22)15-9-11-21-12-10-15/h2-4,6-7,9-12,14,17-18H,5,8,13,20H2,1H3/t14-,17-,18+/m0/s1. The Morgan fingerprint density at radius 1 is 1.22 bits per heavy atom. The topological polar surface area (TPSA) is 59.2 Å². The van der Waals surface area contributed by atoms with Gasteiger partial charge < -0.3 is 10.6 Å². The molecule has 3 atom stereocenters. The summed E-state index contributed by atoms with van der Waals surface area (Å²) in [7, 11) is 0. The molecule has 3 rings (SSSR count). The van der Waals surface area contributed by atoms with E-state index in [1.807, 2.05) is 54.3 Å². The van der Waals surface area contributed by atoms with Gasteiger partial charge in [0.2, 0.25) is 5.91 Å². The van der Waals surface area contributed by atoms with Crippen molar-refractivity contribution < 1.29 is 4.79 Å². The molecular weight excluding hydrogens is 286 g/mol. The van der Waals surface area contributed by atoms with Crippen LogP contribution in [0.15, 0.2) is 54.9 Å². The third-order valence-corrected chi connectivity index (χ3v) is 4.74. The molecule has 0 unspecified atom stereocenters. The highest BCUT2D eigenvalue weighted by molar-refractivity contribution is 5.80. The van der Waals surface area contributed by atoms with Crippen molar-refractivity contribution in [2.24, 2.45) is 11.7 Å². The Morgan fingerprint density at radius 2 is 1.91 bits per heavy atom. The maximum atomic E-state index is 13.0. The van der Waals surface area contributed by atoms with Gasteiger partial charge in [-0.05, 0) is 36.1 Å². The Balaban J connectivity index is 1.76. The number of benzene rings is 1. The third kappa shape index (κ3) is 3.27. The number of rotatable bonds is 4. The Kier molecular flexibility index (Phi) is 4.72. The van der Waals surface area contributed by atoms with Crippen LogP contribution in [0.5, 0.6) is 0 Å². The van der Waals surface area contributed by atoms with Crippen LogP contribution in [0.25, 0.3) is 0 Å². The van der Waals surface area contributed by atoms with Crippen molar-refractivity contribution in [1.82, 2.24) is 9.88 Å². The summed E-state index contributed by atoms with van der Waals surface area (Å²) in [6.45, 7) is 2.74. The molecule has 4 heteroatoms. The summed E-state index contributed by atoms with van der Waals surface area (Å²) in [6, 6.07) is 13.7. The molecule has 1 aromatic carbocycles. The van der Waals surface area contributed by atoms with Crippen LogP contribution in [0.2, 0.25) is 0 Å². The maximum Gasteiger partial charge on any atom is 0.227 e. The molecular formula is C19H23N3O. The molecule has 1 aliphatic rings. The van der Waals surface area contributed by atoms with Crippen LogP contribution < -0.4 is 5.73 Å². The van der Waals surface area contributed by atoms with Crippen molar-refractivity contribution >= 4 is 5.91 Å². The quantitative estimate of drug-likeness (QED) is 0.944. The lowest BCUT2D eigenvalue weighted by atomic mass is 9.93. The minimum Gasteiger partial charge on any atom is -0.335 e. The molecule has 23 heavy (non-hydrogen) atoms. The molecule has 0 radical (unpaired) electrons. The second-order valence-corrected chi connectivity index (χ2v) is 6.20. The molecule has 2 N–H and O–H groups in total. The Morgan fingerprint density at radius 3 is 2.61 bits per heavy atom. The minimum atomic E-state index is -0.276. The molecule has 0 aliphatic carbocycles. The molecule has 4 nitrogen and oxygen atoms in total. The Bertz CT molecular complexity index is 644. The van der Waals surface area contributed by atoms with Gasteiger partial charge in [0.05, 0.1) is 12.0 Å². The zero-order chi connectivity index (χ0) is 16.2. The molecule has 1 aliphatic heterocycles. The monoisotopic (exact) mass is 309 g/mol. The summed E-state index contributed by atoms with van der Waals surface area (Å²) >= 11 is 0. The Labute approximate surface area is 137 Å². The fourth-order valence-corrected chi connectivity index (χ4v) is 3.34. The zero-order valence-corrected chi connectivity index (χ0v) is 13.4. The average Bonchev–Trinajstić information content (AvgIpc) is 3.11.